The van der Waals surface area contributed by atoms with Gasteiger partial charge in [-0.25, -0.2) is 13.4 Å². The summed E-state index contributed by atoms with van der Waals surface area (Å²) < 4.78 is 34.2. The zero-order valence-electron chi connectivity index (χ0n) is 16.3. The third kappa shape index (κ3) is 5.17. The largest absolute Gasteiger partial charge is 0.493 e. The van der Waals surface area contributed by atoms with Crippen molar-refractivity contribution in [1.82, 2.24) is 4.98 Å². The summed E-state index contributed by atoms with van der Waals surface area (Å²) >= 11 is 3.36. The molecule has 9 heteroatoms. The van der Waals surface area contributed by atoms with Crippen LogP contribution in [-0.2, 0) is 10.0 Å². The van der Waals surface area contributed by atoms with E-state index in [-0.39, 0.29) is 10.5 Å². The molecule has 156 valence electrons. The fraction of sp³-hybridized carbons (Fsp3) is 0.143. The molecule has 2 aromatic carbocycles. The second kappa shape index (κ2) is 9.27. The van der Waals surface area contributed by atoms with Crippen molar-refractivity contribution in [3.05, 3.63) is 76.4 Å². The van der Waals surface area contributed by atoms with Crippen molar-refractivity contribution in [1.29, 1.82) is 0 Å². The number of carbonyl (C=O) groups is 1. The van der Waals surface area contributed by atoms with Crippen molar-refractivity contribution >= 4 is 43.4 Å². The number of anilines is 2. The normalized spacial score (nSPS) is 11.0. The Kier molecular flexibility index (Phi) is 6.73. The number of aryl methyl sites for hydroxylation is 1. The topological polar surface area (TPSA) is 97.4 Å². The molecule has 0 saturated heterocycles. The van der Waals surface area contributed by atoms with Crippen molar-refractivity contribution in [3.8, 4) is 5.75 Å². The van der Waals surface area contributed by atoms with Crippen molar-refractivity contribution in [2.45, 2.75) is 18.7 Å². The Morgan fingerprint density at radius 2 is 1.93 bits per heavy atom. The van der Waals surface area contributed by atoms with Crippen LogP contribution in [0.5, 0.6) is 5.75 Å². The zero-order chi connectivity index (χ0) is 21.7. The highest BCUT2D eigenvalue weighted by Crippen LogP contribution is 2.29. The van der Waals surface area contributed by atoms with E-state index in [1.54, 1.807) is 36.5 Å². The van der Waals surface area contributed by atoms with Crippen LogP contribution in [0.25, 0.3) is 0 Å². The number of amides is 1. The van der Waals surface area contributed by atoms with Gasteiger partial charge in [-0.2, -0.15) is 0 Å². The van der Waals surface area contributed by atoms with Gasteiger partial charge in [0.05, 0.1) is 21.7 Å². The van der Waals surface area contributed by atoms with E-state index in [1.807, 2.05) is 19.9 Å². The van der Waals surface area contributed by atoms with Crippen LogP contribution in [0.3, 0.4) is 0 Å². The number of sulfonamides is 1. The molecule has 0 aliphatic heterocycles. The van der Waals surface area contributed by atoms with Gasteiger partial charge in [-0.3, -0.25) is 9.52 Å². The van der Waals surface area contributed by atoms with Crippen LogP contribution >= 0.6 is 15.9 Å². The van der Waals surface area contributed by atoms with E-state index < -0.39 is 15.9 Å². The molecule has 7 nitrogen and oxygen atoms in total. The van der Waals surface area contributed by atoms with Crippen molar-refractivity contribution < 1.29 is 17.9 Å². The standard InChI is InChI=1S/C21H20BrN3O4S/c1-3-29-19-10-9-16(13-18(19)22)25-30(27,28)17-8-4-7-15(12-17)21(26)24-20-14(2)6-5-11-23-20/h4-13,25H,3H2,1-2H3,(H,23,24,26). The molecule has 0 aliphatic rings. The van der Waals surface area contributed by atoms with Crippen LogP contribution in [0.4, 0.5) is 11.5 Å². The number of nitrogens with zero attached hydrogens (tertiary/aromatic N) is 1. The predicted octanol–water partition coefficient (Wildman–Crippen LogP) is 4.60. The van der Waals surface area contributed by atoms with Gasteiger partial charge in [0.25, 0.3) is 15.9 Å². The summed E-state index contributed by atoms with van der Waals surface area (Å²) in [6.07, 6.45) is 1.57. The fourth-order valence-electron chi connectivity index (χ4n) is 2.65. The van der Waals surface area contributed by atoms with E-state index >= 15 is 0 Å². The molecule has 0 fully saturated rings. The lowest BCUT2D eigenvalue weighted by Crippen LogP contribution is -2.16. The zero-order valence-corrected chi connectivity index (χ0v) is 18.7. The average Bonchev–Trinajstić information content (AvgIpc) is 2.72. The van der Waals surface area contributed by atoms with Gasteiger partial charge in [-0.1, -0.05) is 12.1 Å². The predicted molar refractivity (Wildman–Crippen MR) is 119 cm³/mol. The molecular formula is C21H20BrN3O4S. The molecule has 1 aromatic heterocycles. The van der Waals surface area contributed by atoms with Crippen LogP contribution in [0, 0.1) is 6.92 Å². The highest BCUT2D eigenvalue weighted by atomic mass is 79.9. The van der Waals surface area contributed by atoms with Crippen molar-refractivity contribution in [2.24, 2.45) is 0 Å². The van der Waals surface area contributed by atoms with E-state index in [0.717, 1.165) is 5.56 Å². The number of rotatable bonds is 7. The van der Waals surface area contributed by atoms with E-state index in [0.29, 0.717) is 28.3 Å². The third-order valence-electron chi connectivity index (χ3n) is 4.13. The molecule has 2 N–H and O–H groups in total. The van der Waals surface area contributed by atoms with Crippen LogP contribution in [0.1, 0.15) is 22.8 Å². The van der Waals surface area contributed by atoms with Crippen molar-refractivity contribution in [2.75, 3.05) is 16.6 Å². The summed E-state index contributed by atoms with van der Waals surface area (Å²) in [6.45, 7) is 4.18. The van der Waals surface area contributed by atoms with Gasteiger partial charge in [-0.05, 0) is 77.8 Å². The maximum Gasteiger partial charge on any atom is 0.261 e. The number of carbonyl (C=O) groups excluding carboxylic acids is 1. The average molecular weight is 490 g/mol. The van der Waals surface area contributed by atoms with Gasteiger partial charge >= 0.3 is 0 Å². The number of hydrogen-bond acceptors (Lipinski definition) is 5. The van der Waals surface area contributed by atoms with Crippen LogP contribution < -0.4 is 14.8 Å². The Morgan fingerprint density at radius 1 is 1.13 bits per heavy atom. The molecule has 0 unspecified atom stereocenters. The number of ether oxygens (including phenoxy) is 1. The Balaban J connectivity index is 1.81. The van der Waals surface area contributed by atoms with Crippen molar-refractivity contribution in [3.63, 3.8) is 0 Å². The second-order valence-corrected chi connectivity index (χ2v) is 8.87. The van der Waals surface area contributed by atoms with E-state index in [2.05, 4.69) is 31.0 Å². The number of benzene rings is 2. The van der Waals surface area contributed by atoms with E-state index in [4.69, 9.17) is 4.74 Å². The van der Waals surface area contributed by atoms with E-state index in [9.17, 15) is 13.2 Å². The monoisotopic (exact) mass is 489 g/mol. The molecule has 0 radical (unpaired) electrons. The first-order valence-corrected chi connectivity index (χ1v) is 11.4. The van der Waals surface area contributed by atoms with E-state index in [1.165, 1.54) is 18.2 Å². The Bertz CT molecular complexity index is 1180. The van der Waals surface area contributed by atoms with Crippen LogP contribution in [0.15, 0.2) is 70.2 Å². The minimum atomic E-state index is -3.90. The molecule has 3 rings (SSSR count). The smallest absolute Gasteiger partial charge is 0.261 e. The van der Waals surface area contributed by atoms with Crippen LogP contribution in [-0.4, -0.2) is 25.9 Å². The summed E-state index contributed by atoms with van der Waals surface area (Å²) in [7, 11) is -3.90. The summed E-state index contributed by atoms with van der Waals surface area (Å²) in [6, 6.07) is 14.3. The Labute approximate surface area is 183 Å². The second-order valence-electron chi connectivity index (χ2n) is 6.33. The number of aromatic nitrogens is 1. The first-order chi connectivity index (χ1) is 14.3. The molecule has 0 spiro atoms. The van der Waals surface area contributed by atoms with Gasteiger partial charge in [0.2, 0.25) is 0 Å². The lowest BCUT2D eigenvalue weighted by Gasteiger charge is -2.12. The Hall–Kier alpha value is -2.91. The van der Waals surface area contributed by atoms with Gasteiger partial charge in [0, 0.05) is 11.8 Å². The van der Waals surface area contributed by atoms with Gasteiger partial charge < -0.3 is 10.1 Å². The quantitative estimate of drug-likeness (QED) is 0.505. The number of hydrogen-bond donors (Lipinski definition) is 2. The Morgan fingerprint density at radius 3 is 2.63 bits per heavy atom. The molecule has 30 heavy (non-hydrogen) atoms. The van der Waals surface area contributed by atoms with Gasteiger partial charge in [0.1, 0.15) is 11.6 Å². The third-order valence-corrected chi connectivity index (χ3v) is 6.13. The highest BCUT2D eigenvalue weighted by molar-refractivity contribution is 9.10. The molecule has 0 atom stereocenters. The summed E-state index contributed by atoms with van der Waals surface area (Å²) in [4.78, 5) is 16.7. The molecule has 0 saturated carbocycles. The molecule has 0 bridgehead atoms. The minimum absolute atomic E-state index is 0.0297. The SMILES string of the molecule is CCOc1ccc(NS(=O)(=O)c2cccc(C(=O)Nc3ncccc3C)c2)cc1Br. The number of nitrogens with one attached hydrogen (secondary N) is 2. The van der Waals surface area contributed by atoms with Gasteiger partial charge in [0.15, 0.2) is 0 Å². The summed E-state index contributed by atoms with van der Waals surface area (Å²) in [5.41, 5.74) is 1.37. The summed E-state index contributed by atoms with van der Waals surface area (Å²) in [5.74, 6) is 0.592. The first kappa shape index (κ1) is 21.8. The maximum absolute atomic E-state index is 12.8. The molecule has 0 aliphatic carbocycles. The fourth-order valence-corrected chi connectivity index (χ4v) is 4.24. The van der Waals surface area contributed by atoms with Crippen LogP contribution in [0.2, 0.25) is 0 Å². The highest BCUT2D eigenvalue weighted by Gasteiger charge is 2.18. The molecule has 3 aromatic rings. The minimum Gasteiger partial charge on any atom is -0.493 e. The maximum atomic E-state index is 12.8. The lowest BCUT2D eigenvalue weighted by atomic mass is 10.2. The molecule has 1 amide bonds. The molecule has 1 heterocycles. The number of halogens is 1. The summed E-state index contributed by atoms with van der Waals surface area (Å²) in [5, 5.41) is 2.70. The number of pyridine rings is 1. The lowest BCUT2D eigenvalue weighted by molar-refractivity contribution is 0.102. The first-order valence-electron chi connectivity index (χ1n) is 9.08. The molecular weight excluding hydrogens is 470 g/mol. The van der Waals surface area contributed by atoms with Gasteiger partial charge in [-0.15, -0.1) is 0 Å².